The Labute approximate surface area is 131 Å². The molecule has 1 heterocycles. The Morgan fingerprint density at radius 1 is 1.30 bits per heavy atom. The molecule has 0 spiro atoms. The molecular weight excluding hydrogens is 336 g/mol. The number of ether oxygens (including phenoxy) is 1. The van der Waals surface area contributed by atoms with Crippen LogP contribution in [0.25, 0.3) is 0 Å². The van der Waals surface area contributed by atoms with Crippen LogP contribution in [0.5, 0.6) is 5.88 Å². The van der Waals surface area contributed by atoms with Crippen LogP contribution >= 0.6 is 27.7 Å². The lowest BCUT2D eigenvalue weighted by Gasteiger charge is -2.09. The van der Waals surface area contributed by atoms with Crippen LogP contribution < -0.4 is 10.5 Å². The van der Waals surface area contributed by atoms with Gasteiger partial charge < -0.3 is 10.5 Å². The minimum atomic E-state index is 0.553. The Morgan fingerprint density at radius 2 is 2.15 bits per heavy atom. The van der Waals surface area contributed by atoms with Crippen LogP contribution in [0.4, 0.5) is 5.69 Å². The summed E-state index contributed by atoms with van der Waals surface area (Å²) in [5, 5.41) is 0.892. The summed E-state index contributed by atoms with van der Waals surface area (Å²) in [5.74, 6) is 1.24. The van der Waals surface area contributed by atoms with Crippen molar-refractivity contribution in [3.63, 3.8) is 0 Å². The molecule has 3 rings (SSSR count). The molecule has 1 aliphatic rings. The molecule has 1 aromatic heterocycles. The van der Waals surface area contributed by atoms with Crippen molar-refractivity contribution in [1.29, 1.82) is 0 Å². The lowest BCUT2D eigenvalue weighted by Crippen LogP contribution is -2.04. The van der Waals surface area contributed by atoms with Crippen molar-refractivity contribution in [1.82, 2.24) is 4.98 Å². The van der Waals surface area contributed by atoms with Gasteiger partial charge in [-0.25, -0.2) is 4.98 Å². The second-order valence-electron chi connectivity index (χ2n) is 4.86. The molecule has 0 aliphatic heterocycles. The standard InChI is InChI=1S/C15H15BrN2OS/c16-11-2-1-3-12(8-11)20-14-7-6-13(17)15(18-14)19-9-10-4-5-10/h1-3,6-8,10H,4-5,9,17H2. The molecule has 0 amide bonds. The zero-order valence-corrected chi connectivity index (χ0v) is 13.3. The molecule has 1 fully saturated rings. The third kappa shape index (κ3) is 3.67. The van der Waals surface area contributed by atoms with E-state index >= 15 is 0 Å². The summed E-state index contributed by atoms with van der Waals surface area (Å²) in [6, 6.07) is 11.9. The van der Waals surface area contributed by atoms with Crippen molar-refractivity contribution in [3.8, 4) is 5.88 Å². The highest BCUT2D eigenvalue weighted by atomic mass is 79.9. The van der Waals surface area contributed by atoms with E-state index in [0.717, 1.165) is 21.0 Å². The highest BCUT2D eigenvalue weighted by Gasteiger charge is 2.22. The predicted molar refractivity (Wildman–Crippen MR) is 85.1 cm³/mol. The van der Waals surface area contributed by atoms with Crippen LogP contribution in [0.1, 0.15) is 12.8 Å². The zero-order chi connectivity index (χ0) is 13.9. The topological polar surface area (TPSA) is 48.1 Å². The van der Waals surface area contributed by atoms with E-state index in [9.17, 15) is 0 Å². The number of halogens is 1. The smallest absolute Gasteiger partial charge is 0.238 e. The van der Waals surface area contributed by atoms with Crippen molar-refractivity contribution < 1.29 is 4.74 Å². The number of anilines is 1. The van der Waals surface area contributed by atoms with Gasteiger partial charge in [0.15, 0.2) is 0 Å². The molecule has 1 aliphatic carbocycles. The van der Waals surface area contributed by atoms with Crippen molar-refractivity contribution >= 4 is 33.4 Å². The minimum Gasteiger partial charge on any atom is -0.476 e. The molecule has 1 saturated carbocycles. The van der Waals surface area contributed by atoms with Gasteiger partial charge >= 0.3 is 0 Å². The van der Waals surface area contributed by atoms with Gasteiger partial charge in [0.2, 0.25) is 5.88 Å². The first-order valence-electron chi connectivity index (χ1n) is 6.53. The normalized spacial score (nSPS) is 14.2. The van der Waals surface area contributed by atoms with Crippen molar-refractivity contribution in [2.45, 2.75) is 22.8 Å². The van der Waals surface area contributed by atoms with E-state index in [1.54, 1.807) is 11.8 Å². The monoisotopic (exact) mass is 350 g/mol. The molecule has 2 aromatic rings. The fourth-order valence-electron chi connectivity index (χ4n) is 1.74. The maximum Gasteiger partial charge on any atom is 0.238 e. The summed E-state index contributed by atoms with van der Waals surface area (Å²) < 4.78 is 6.76. The maximum atomic E-state index is 5.91. The summed E-state index contributed by atoms with van der Waals surface area (Å²) in [5.41, 5.74) is 6.51. The first kappa shape index (κ1) is 13.8. The number of benzene rings is 1. The van der Waals surface area contributed by atoms with Gasteiger partial charge in [-0.05, 0) is 49.1 Å². The average molecular weight is 351 g/mol. The molecule has 20 heavy (non-hydrogen) atoms. The Kier molecular flexibility index (Phi) is 4.17. The van der Waals surface area contributed by atoms with Crippen LogP contribution in [0.2, 0.25) is 0 Å². The fraction of sp³-hybridized carbons (Fsp3) is 0.267. The molecule has 3 nitrogen and oxygen atoms in total. The highest BCUT2D eigenvalue weighted by molar-refractivity contribution is 9.10. The number of nitrogens with zero attached hydrogens (tertiary/aromatic N) is 1. The Bertz CT molecular complexity index is 617. The van der Waals surface area contributed by atoms with Crippen LogP contribution in [0.3, 0.4) is 0 Å². The number of hydrogen-bond acceptors (Lipinski definition) is 4. The SMILES string of the molecule is Nc1ccc(Sc2cccc(Br)c2)nc1OCC1CC1. The van der Waals surface area contributed by atoms with Gasteiger partial charge in [0.1, 0.15) is 5.03 Å². The molecular formula is C15H15BrN2OS. The predicted octanol–water partition coefficient (Wildman–Crippen LogP) is 4.37. The number of nitrogens with two attached hydrogens (primary N) is 1. The minimum absolute atomic E-state index is 0.553. The van der Waals surface area contributed by atoms with Crippen LogP contribution in [0, 0.1) is 5.92 Å². The molecule has 2 N–H and O–H groups in total. The zero-order valence-electron chi connectivity index (χ0n) is 10.9. The second-order valence-corrected chi connectivity index (χ2v) is 6.87. The maximum absolute atomic E-state index is 5.91. The van der Waals surface area contributed by atoms with Crippen molar-refractivity contribution in [2.75, 3.05) is 12.3 Å². The van der Waals surface area contributed by atoms with Gasteiger partial charge in [-0.15, -0.1) is 0 Å². The van der Waals surface area contributed by atoms with Crippen LogP contribution in [-0.4, -0.2) is 11.6 Å². The molecule has 1 aromatic carbocycles. The number of pyridine rings is 1. The van der Waals surface area contributed by atoms with E-state index in [2.05, 4.69) is 33.0 Å². The van der Waals surface area contributed by atoms with Gasteiger partial charge in [0.05, 0.1) is 12.3 Å². The van der Waals surface area contributed by atoms with Crippen LogP contribution in [-0.2, 0) is 0 Å². The molecule has 5 heteroatoms. The van der Waals surface area contributed by atoms with E-state index in [1.807, 2.05) is 24.3 Å². The van der Waals surface area contributed by atoms with E-state index in [1.165, 1.54) is 12.8 Å². The molecule has 104 valence electrons. The summed E-state index contributed by atoms with van der Waals surface area (Å²) in [6.07, 6.45) is 2.51. The largest absolute Gasteiger partial charge is 0.476 e. The second kappa shape index (κ2) is 6.06. The van der Waals surface area contributed by atoms with Gasteiger partial charge in [-0.2, -0.15) is 0 Å². The van der Waals surface area contributed by atoms with E-state index in [-0.39, 0.29) is 0 Å². The van der Waals surface area contributed by atoms with E-state index in [4.69, 9.17) is 10.5 Å². The summed E-state index contributed by atoms with van der Waals surface area (Å²) in [6.45, 7) is 0.724. The molecule has 0 atom stereocenters. The Hall–Kier alpha value is -1.20. The third-order valence-electron chi connectivity index (χ3n) is 3.04. The van der Waals surface area contributed by atoms with Gasteiger partial charge in [-0.1, -0.05) is 33.8 Å². The highest BCUT2D eigenvalue weighted by Crippen LogP contribution is 2.33. The number of aromatic nitrogens is 1. The first-order valence-corrected chi connectivity index (χ1v) is 8.14. The Balaban J connectivity index is 1.73. The summed E-state index contributed by atoms with van der Waals surface area (Å²) in [7, 11) is 0. The number of nitrogen functional groups attached to an aromatic ring is 1. The van der Waals surface area contributed by atoms with Gasteiger partial charge in [0, 0.05) is 9.37 Å². The average Bonchev–Trinajstić information content (AvgIpc) is 3.23. The summed E-state index contributed by atoms with van der Waals surface area (Å²) in [4.78, 5) is 5.63. The van der Waals surface area contributed by atoms with Crippen molar-refractivity contribution in [2.24, 2.45) is 5.92 Å². The Morgan fingerprint density at radius 3 is 2.90 bits per heavy atom. The number of rotatable bonds is 5. The van der Waals surface area contributed by atoms with Crippen LogP contribution in [0.15, 0.2) is 50.8 Å². The van der Waals surface area contributed by atoms with E-state index < -0.39 is 0 Å². The lowest BCUT2D eigenvalue weighted by atomic mass is 10.4. The summed E-state index contributed by atoms with van der Waals surface area (Å²) >= 11 is 5.07. The molecule has 0 radical (unpaired) electrons. The van der Waals surface area contributed by atoms with Gasteiger partial charge in [0.25, 0.3) is 0 Å². The molecule has 0 bridgehead atoms. The fourth-order valence-corrected chi connectivity index (χ4v) is 3.13. The van der Waals surface area contributed by atoms with Crippen molar-refractivity contribution in [3.05, 3.63) is 40.9 Å². The van der Waals surface area contributed by atoms with Gasteiger partial charge in [-0.3, -0.25) is 0 Å². The van der Waals surface area contributed by atoms with E-state index in [0.29, 0.717) is 17.5 Å². The number of hydrogen-bond donors (Lipinski definition) is 1. The quantitative estimate of drug-likeness (QED) is 0.869. The lowest BCUT2D eigenvalue weighted by molar-refractivity contribution is 0.288. The third-order valence-corrected chi connectivity index (χ3v) is 4.45. The molecule has 0 unspecified atom stereocenters. The molecule has 0 saturated heterocycles. The first-order chi connectivity index (χ1) is 9.70.